The van der Waals surface area contributed by atoms with E-state index in [1.807, 2.05) is 31.6 Å². The number of hydrogen-bond donors (Lipinski definition) is 1. The Hall–Kier alpha value is -3.48. The van der Waals surface area contributed by atoms with Crippen molar-refractivity contribution in [1.29, 1.82) is 0 Å². The van der Waals surface area contributed by atoms with Crippen molar-refractivity contribution in [1.82, 2.24) is 34.7 Å². The van der Waals surface area contributed by atoms with E-state index in [0.717, 1.165) is 33.2 Å². The van der Waals surface area contributed by atoms with E-state index >= 15 is 0 Å². The van der Waals surface area contributed by atoms with Crippen molar-refractivity contribution >= 4 is 21.9 Å². The van der Waals surface area contributed by atoms with Gasteiger partial charge in [-0.25, -0.2) is 4.98 Å². The van der Waals surface area contributed by atoms with Gasteiger partial charge in [0, 0.05) is 47.5 Å². The lowest BCUT2D eigenvalue weighted by Gasteiger charge is -2.03. The van der Waals surface area contributed by atoms with Gasteiger partial charge in [0.25, 0.3) is 0 Å². The monoisotopic (exact) mass is 315 g/mol. The molecule has 0 amide bonds. The van der Waals surface area contributed by atoms with Crippen molar-refractivity contribution in [2.45, 2.75) is 0 Å². The van der Waals surface area contributed by atoms with E-state index in [0.29, 0.717) is 5.82 Å². The Morgan fingerprint density at radius 2 is 2.08 bits per heavy atom. The van der Waals surface area contributed by atoms with Crippen LogP contribution in [0.25, 0.3) is 39.0 Å². The molecule has 1 aromatic carbocycles. The molecule has 0 spiro atoms. The van der Waals surface area contributed by atoms with Crippen LogP contribution in [0.1, 0.15) is 0 Å². The molecule has 5 rings (SSSR count). The van der Waals surface area contributed by atoms with Gasteiger partial charge in [-0.1, -0.05) is 0 Å². The van der Waals surface area contributed by atoms with Crippen LogP contribution in [0, 0.1) is 0 Å². The first kappa shape index (κ1) is 13.0. The number of aryl methyl sites for hydroxylation is 1. The fourth-order valence-electron chi connectivity index (χ4n) is 3.15. The van der Waals surface area contributed by atoms with Crippen molar-refractivity contribution in [3.63, 3.8) is 0 Å². The summed E-state index contributed by atoms with van der Waals surface area (Å²) in [5.74, 6) is 0.585. The normalized spacial score (nSPS) is 11.5. The van der Waals surface area contributed by atoms with Crippen molar-refractivity contribution < 1.29 is 0 Å². The predicted molar refractivity (Wildman–Crippen MR) is 90.7 cm³/mol. The summed E-state index contributed by atoms with van der Waals surface area (Å²) in [5.41, 5.74) is 4.07. The SMILES string of the molecule is Cn1cc(-n2ccc3cccnc32)c2cc(-c3nn[nH]n3)ccc21. The number of nitrogens with zero attached hydrogens (tertiary/aromatic N) is 6. The zero-order valence-corrected chi connectivity index (χ0v) is 12.9. The second-order valence-electron chi connectivity index (χ2n) is 5.69. The summed E-state index contributed by atoms with van der Waals surface area (Å²) in [5, 5.41) is 16.5. The Bertz CT molecular complexity index is 1160. The molecule has 7 heteroatoms. The van der Waals surface area contributed by atoms with Crippen LogP contribution in [0.3, 0.4) is 0 Å². The molecule has 0 radical (unpaired) electrons. The summed E-state index contributed by atoms with van der Waals surface area (Å²) < 4.78 is 4.22. The molecule has 0 atom stereocenters. The number of nitrogens with one attached hydrogen (secondary N) is 1. The molecule has 0 aliphatic heterocycles. The molecule has 0 bridgehead atoms. The van der Waals surface area contributed by atoms with Gasteiger partial charge in [-0.3, -0.25) is 4.57 Å². The molecule has 7 nitrogen and oxygen atoms in total. The van der Waals surface area contributed by atoms with E-state index in [1.54, 1.807) is 0 Å². The molecule has 0 aliphatic carbocycles. The van der Waals surface area contributed by atoms with Gasteiger partial charge in [0.15, 0.2) is 0 Å². The maximum absolute atomic E-state index is 4.52. The number of aromatic nitrogens is 7. The standard InChI is InChI=1S/C17H13N7/c1-23-10-15(24-8-6-11-3-2-7-18-17(11)24)13-9-12(4-5-14(13)23)16-19-21-22-20-16/h2-10H,1H3,(H,19,20,21,22). The van der Waals surface area contributed by atoms with Crippen LogP contribution in [-0.4, -0.2) is 34.7 Å². The molecule has 24 heavy (non-hydrogen) atoms. The maximum Gasteiger partial charge on any atom is 0.204 e. The first-order valence-corrected chi connectivity index (χ1v) is 7.56. The van der Waals surface area contributed by atoms with Crippen molar-refractivity contribution in [3.05, 3.63) is 55.0 Å². The van der Waals surface area contributed by atoms with Crippen molar-refractivity contribution in [2.75, 3.05) is 0 Å². The summed E-state index contributed by atoms with van der Waals surface area (Å²) in [6.07, 6.45) is 5.97. The molecule has 0 unspecified atom stereocenters. The first-order chi connectivity index (χ1) is 11.8. The molecule has 0 saturated carbocycles. The van der Waals surface area contributed by atoms with Crippen LogP contribution >= 0.6 is 0 Å². The number of rotatable bonds is 2. The lowest BCUT2D eigenvalue weighted by Crippen LogP contribution is -1.92. The minimum absolute atomic E-state index is 0.585. The van der Waals surface area contributed by atoms with Gasteiger partial charge in [0.05, 0.1) is 5.69 Å². The van der Waals surface area contributed by atoms with E-state index in [9.17, 15) is 0 Å². The van der Waals surface area contributed by atoms with Crippen LogP contribution in [0.5, 0.6) is 0 Å². The Morgan fingerprint density at radius 3 is 2.96 bits per heavy atom. The van der Waals surface area contributed by atoms with E-state index in [-0.39, 0.29) is 0 Å². The molecule has 4 aromatic heterocycles. The average molecular weight is 315 g/mol. The van der Waals surface area contributed by atoms with Gasteiger partial charge < -0.3 is 4.57 Å². The van der Waals surface area contributed by atoms with Crippen LogP contribution in [0.2, 0.25) is 0 Å². The highest BCUT2D eigenvalue weighted by Crippen LogP contribution is 2.30. The van der Waals surface area contributed by atoms with Gasteiger partial charge in [-0.15, -0.1) is 10.2 Å². The molecule has 5 aromatic rings. The van der Waals surface area contributed by atoms with Gasteiger partial charge in [0.2, 0.25) is 5.82 Å². The second-order valence-corrected chi connectivity index (χ2v) is 5.69. The smallest absolute Gasteiger partial charge is 0.204 e. The molecule has 0 fully saturated rings. The minimum Gasteiger partial charge on any atom is -0.348 e. The van der Waals surface area contributed by atoms with Crippen LogP contribution in [0.4, 0.5) is 0 Å². The fourth-order valence-corrected chi connectivity index (χ4v) is 3.15. The highest BCUT2D eigenvalue weighted by molar-refractivity contribution is 5.94. The number of pyridine rings is 1. The Morgan fingerprint density at radius 1 is 1.12 bits per heavy atom. The largest absolute Gasteiger partial charge is 0.348 e. The minimum atomic E-state index is 0.585. The third-order valence-corrected chi connectivity index (χ3v) is 4.28. The number of benzene rings is 1. The molecule has 116 valence electrons. The predicted octanol–water partition coefficient (Wildman–Crippen LogP) is 2.70. The zero-order chi connectivity index (χ0) is 16.1. The Kier molecular flexibility index (Phi) is 2.58. The molecule has 0 saturated heterocycles. The number of hydrogen-bond acceptors (Lipinski definition) is 4. The van der Waals surface area contributed by atoms with E-state index in [2.05, 4.69) is 65.2 Å². The highest BCUT2D eigenvalue weighted by Gasteiger charge is 2.13. The van der Waals surface area contributed by atoms with Gasteiger partial charge >= 0.3 is 0 Å². The average Bonchev–Trinajstić information content (AvgIpc) is 3.33. The summed E-state index contributed by atoms with van der Waals surface area (Å²) in [6, 6.07) is 12.2. The number of H-pyrrole nitrogens is 1. The van der Waals surface area contributed by atoms with Gasteiger partial charge in [0.1, 0.15) is 5.65 Å². The number of tetrazole rings is 1. The lowest BCUT2D eigenvalue weighted by atomic mass is 10.1. The summed E-state index contributed by atoms with van der Waals surface area (Å²) in [6.45, 7) is 0. The van der Waals surface area contributed by atoms with E-state index < -0.39 is 0 Å². The molecule has 0 aliphatic rings. The van der Waals surface area contributed by atoms with Crippen LogP contribution in [0.15, 0.2) is 55.0 Å². The topological polar surface area (TPSA) is 77.2 Å². The zero-order valence-electron chi connectivity index (χ0n) is 12.9. The summed E-state index contributed by atoms with van der Waals surface area (Å²) in [4.78, 5) is 4.52. The first-order valence-electron chi connectivity index (χ1n) is 7.56. The van der Waals surface area contributed by atoms with Crippen LogP contribution in [-0.2, 0) is 7.05 Å². The maximum atomic E-state index is 4.52. The van der Waals surface area contributed by atoms with Crippen LogP contribution < -0.4 is 0 Å². The van der Waals surface area contributed by atoms with Crippen molar-refractivity contribution in [2.24, 2.45) is 7.05 Å². The highest BCUT2D eigenvalue weighted by atomic mass is 15.5. The Balaban J connectivity index is 1.80. The molecule has 4 heterocycles. The number of aromatic amines is 1. The Labute approximate surface area is 136 Å². The lowest BCUT2D eigenvalue weighted by molar-refractivity contribution is 0.881. The molecular formula is C17H13N7. The quantitative estimate of drug-likeness (QED) is 0.543. The third kappa shape index (κ3) is 1.78. The number of fused-ring (bicyclic) bond motifs is 2. The third-order valence-electron chi connectivity index (χ3n) is 4.28. The molecule has 1 N–H and O–H groups in total. The van der Waals surface area contributed by atoms with Crippen molar-refractivity contribution in [3.8, 4) is 17.1 Å². The molecular weight excluding hydrogens is 302 g/mol. The summed E-state index contributed by atoms with van der Waals surface area (Å²) in [7, 11) is 2.04. The van der Waals surface area contributed by atoms with Gasteiger partial charge in [-0.05, 0) is 41.6 Å². The summed E-state index contributed by atoms with van der Waals surface area (Å²) >= 11 is 0. The second kappa shape index (κ2) is 4.76. The van der Waals surface area contributed by atoms with E-state index in [4.69, 9.17) is 0 Å². The van der Waals surface area contributed by atoms with E-state index in [1.165, 1.54) is 0 Å². The van der Waals surface area contributed by atoms with Gasteiger partial charge in [-0.2, -0.15) is 5.21 Å². The fraction of sp³-hybridized carbons (Fsp3) is 0.0588.